The zero-order valence-corrected chi connectivity index (χ0v) is 17.8. The van der Waals surface area contributed by atoms with Gasteiger partial charge in [0.2, 0.25) is 5.13 Å². The Morgan fingerprint density at radius 3 is 2.61 bits per heavy atom. The third-order valence-electron chi connectivity index (χ3n) is 4.78. The van der Waals surface area contributed by atoms with Crippen LogP contribution in [0.3, 0.4) is 0 Å². The van der Waals surface area contributed by atoms with Gasteiger partial charge in [0.1, 0.15) is 11.6 Å². The molecule has 0 spiro atoms. The average molecular weight is 406 g/mol. The summed E-state index contributed by atoms with van der Waals surface area (Å²) in [5.41, 5.74) is 1.48. The van der Waals surface area contributed by atoms with Crippen LogP contribution in [0.1, 0.15) is 18.3 Å². The predicted octanol–water partition coefficient (Wildman–Crippen LogP) is 2.20. The number of halogens is 1. The summed E-state index contributed by atoms with van der Waals surface area (Å²) < 4.78 is 18.5. The Balaban J connectivity index is 1.54. The van der Waals surface area contributed by atoms with E-state index in [1.54, 1.807) is 24.1 Å². The highest BCUT2D eigenvalue weighted by molar-refractivity contribution is 7.09. The van der Waals surface area contributed by atoms with E-state index in [9.17, 15) is 4.39 Å². The van der Waals surface area contributed by atoms with Crippen molar-refractivity contribution >= 4 is 28.3 Å². The van der Waals surface area contributed by atoms with E-state index in [-0.39, 0.29) is 5.82 Å². The molecule has 1 aromatic heterocycles. The lowest BCUT2D eigenvalue weighted by molar-refractivity contribution is 0.372. The number of hydrogen-bond donors (Lipinski definition) is 1. The van der Waals surface area contributed by atoms with Gasteiger partial charge in [-0.05, 0) is 17.7 Å². The summed E-state index contributed by atoms with van der Waals surface area (Å²) in [4.78, 5) is 15.2. The number of hydrogen-bond acceptors (Lipinski definition) is 6. The Kier molecular flexibility index (Phi) is 6.66. The highest BCUT2D eigenvalue weighted by Gasteiger charge is 2.22. The zero-order valence-electron chi connectivity index (χ0n) is 16.9. The molecule has 1 saturated heterocycles. The first kappa shape index (κ1) is 20.3. The number of aromatic nitrogens is 2. The van der Waals surface area contributed by atoms with Crippen molar-refractivity contribution in [1.29, 1.82) is 0 Å². The number of aryl methyl sites for hydroxylation is 1. The first-order valence-corrected chi connectivity index (χ1v) is 10.3. The quantitative estimate of drug-likeness (QED) is 0.608. The van der Waals surface area contributed by atoms with Gasteiger partial charge in [0.25, 0.3) is 0 Å². The molecule has 0 bridgehead atoms. The third kappa shape index (κ3) is 4.70. The fourth-order valence-electron chi connectivity index (χ4n) is 3.16. The Labute approximate surface area is 170 Å². The molecule has 9 heteroatoms. The second-order valence-corrected chi connectivity index (χ2v) is 7.63. The zero-order chi connectivity index (χ0) is 20.1. The summed E-state index contributed by atoms with van der Waals surface area (Å²) in [6.07, 6.45) is 0.864. The van der Waals surface area contributed by atoms with Crippen LogP contribution in [0.5, 0.6) is 0 Å². The van der Waals surface area contributed by atoms with E-state index in [4.69, 9.17) is 0 Å². The number of anilines is 2. The van der Waals surface area contributed by atoms with Gasteiger partial charge < -0.3 is 20.0 Å². The van der Waals surface area contributed by atoms with Crippen LogP contribution in [0.25, 0.3) is 0 Å². The van der Waals surface area contributed by atoms with Gasteiger partial charge in [0.05, 0.1) is 5.69 Å². The molecule has 152 valence electrons. The first-order valence-electron chi connectivity index (χ1n) is 9.50. The highest BCUT2D eigenvalue weighted by Crippen LogP contribution is 2.20. The standard InChI is InChI=1S/C19H28FN7S/c1-5-17-23-19(28-24-17)27-10-8-26(9-11-27)18(21-2)22-13-14-6-7-16(25(3)4)15(20)12-14/h6-7,12H,5,8-11,13H2,1-4H3,(H,21,22). The lowest BCUT2D eigenvalue weighted by Gasteiger charge is -2.36. The maximum absolute atomic E-state index is 14.2. The van der Waals surface area contributed by atoms with Crippen LogP contribution in [-0.2, 0) is 13.0 Å². The van der Waals surface area contributed by atoms with Gasteiger partial charge >= 0.3 is 0 Å². The molecule has 1 aromatic carbocycles. The molecule has 1 N–H and O–H groups in total. The molecule has 1 fully saturated rings. The molecule has 28 heavy (non-hydrogen) atoms. The van der Waals surface area contributed by atoms with Crippen molar-refractivity contribution in [3.63, 3.8) is 0 Å². The van der Waals surface area contributed by atoms with Gasteiger partial charge in [0.15, 0.2) is 5.96 Å². The van der Waals surface area contributed by atoms with Crippen LogP contribution in [0.15, 0.2) is 23.2 Å². The van der Waals surface area contributed by atoms with E-state index in [0.29, 0.717) is 12.2 Å². The van der Waals surface area contributed by atoms with Crippen LogP contribution >= 0.6 is 11.5 Å². The SMILES string of the molecule is CCc1nsc(N2CCN(C(=NC)NCc3ccc(N(C)C)c(F)c3)CC2)n1. The molecule has 0 unspecified atom stereocenters. The largest absolute Gasteiger partial charge is 0.375 e. The average Bonchev–Trinajstić information content (AvgIpc) is 3.18. The van der Waals surface area contributed by atoms with Crippen molar-refractivity contribution in [2.75, 3.05) is 57.1 Å². The predicted molar refractivity (Wildman–Crippen MR) is 114 cm³/mol. The fraction of sp³-hybridized carbons (Fsp3) is 0.526. The van der Waals surface area contributed by atoms with Gasteiger partial charge in [-0.15, -0.1) is 0 Å². The second kappa shape index (κ2) is 9.18. The van der Waals surface area contributed by atoms with Crippen molar-refractivity contribution in [3.05, 3.63) is 35.4 Å². The minimum absolute atomic E-state index is 0.212. The van der Waals surface area contributed by atoms with E-state index >= 15 is 0 Å². The molecule has 2 aromatic rings. The van der Waals surface area contributed by atoms with Crippen LogP contribution < -0.4 is 15.1 Å². The molecule has 3 rings (SSSR count). The van der Waals surface area contributed by atoms with Crippen LogP contribution in [0.4, 0.5) is 15.2 Å². The van der Waals surface area contributed by atoms with Crippen molar-refractivity contribution in [2.24, 2.45) is 4.99 Å². The Hall–Kier alpha value is -2.42. The van der Waals surface area contributed by atoms with Crippen LogP contribution in [-0.4, -0.2) is 67.5 Å². The number of guanidine groups is 1. The van der Waals surface area contributed by atoms with Gasteiger partial charge in [0, 0.05) is 71.8 Å². The minimum Gasteiger partial charge on any atom is -0.375 e. The molecule has 0 amide bonds. The van der Waals surface area contributed by atoms with Crippen molar-refractivity contribution in [1.82, 2.24) is 19.6 Å². The number of aliphatic imine (C=N–C) groups is 1. The number of rotatable bonds is 5. The Morgan fingerprint density at radius 1 is 1.29 bits per heavy atom. The first-order chi connectivity index (χ1) is 13.5. The Bertz CT molecular complexity index is 812. The topological polar surface area (TPSA) is 59.9 Å². The van der Waals surface area contributed by atoms with Gasteiger partial charge in [-0.1, -0.05) is 13.0 Å². The molecular weight excluding hydrogens is 377 g/mol. The maximum Gasteiger partial charge on any atom is 0.205 e. The van der Waals surface area contributed by atoms with Gasteiger partial charge in [-0.3, -0.25) is 4.99 Å². The maximum atomic E-state index is 14.2. The molecule has 1 aliphatic rings. The lowest BCUT2D eigenvalue weighted by Crippen LogP contribution is -2.52. The second-order valence-electron chi connectivity index (χ2n) is 6.90. The number of nitrogens with one attached hydrogen (secondary N) is 1. The molecule has 7 nitrogen and oxygen atoms in total. The summed E-state index contributed by atoms with van der Waals surface area (Å²) in [5.74, 6) is 1.53. The highest BCUT2D eigenvalue weighted by atomic mass is 32.1. The summed E-state index contributed by atoms with van der Waals surface area (Å²) in [7, 11) is 5.45. The minimum atomic E-state index is -0.212. The van der Waals surface area contributed by atoms with Crippen molar-refractivity contribution in [2.45, 2.75) is 19.9 Å². The normalized spacial score (nSPS) is 15.1. The van der Waals surface area contributed by atoms with Crippen molar-refractivity contribution < 1.29 is 4.39 Å². The third-order valence-corrected chi connectivity index (χ3v) is 5.59. The van der Waals surface area contributed by atoms with E-state index in [0.717, 1.165) is 55.1 Å². The number of nitrogens with zero attached hydrogens (tertiary/aromatic N) is 6. The molecule has 1 aliphatic heterocycles. The Morgan fingerprint density at radius 2 is 2.04 bits per heavy atom. The molecule has 2 heterocycles. The summed E-state index contributed by atoms with van der Waals surface area (Å²) in [6.45, 7) is 6.08. The monoisotopic (exact) mass is 405 g/mol. The lowest BCUT2D eigenvalue weighted by atomic mass is 10.2. The van der Waals surface area contributed by atoms with E-state index in [1.807, 2.05) is 20.2 Å². The molecule has 0 radical (unpaired) electrons. The molecule has 0 aliphatic carbocycles. The smallest absolute Gasteiger partial charge is 0.205 e. The number of benzene rings is 1. The number of piperazine rings is 1. The molecule has 0 saturated carbocycles. The van der Waals surface area contributed by atoms with E-state index < -0.39 is 0 Å². The van der Waals surface area contributed by atoms with Crippen molar-refractivity contribution in [3.8, 4) is 0 Å². The summed E-state index contributed by atoms with van der Waals surface area (Å²) in [6, 6.07) is 5.33. The van der Waals surface area contributed by atoms with Crippen LogP contribution in [0, 0.1) is 5.82 Å². The molecule has 0 atom stereocenters. The fourth-order valence-corrected chi connectivity index (χ4v) is 3.96. The van der Waals surface area contributed by atoms with E-state index in [1.165, 1.54) is 11.5 Å². The van der Waals surface area contributed by atoms with Gasteiger partial charge in [-0.25, -0.2) is 9.37 Å². The molecular formula is C19H28FN7S. The van der Waals surface area contributed by atoms with E-state index in [2.05, 4.69) is 36.4 Å². The summed E-state index contributed by atoms with van der Waals surface area (Å²) >= 11 is 1.47. The van der Waals surface area contributed by atoms with Crippen LogP contribution in [0.2, 0.25) is 0 Å². The van der Waals surface area contributed by atoms with Gasteiger partial charge in [-0.2, -0.15) is 4.37 Å². The summed E-state index contributed by atoms with van der Waals surface area (Å²) in [5, 5.41) is 4.35.